The predicted molar refractivity (Wildman–Crippen MR) is 120 cm³/mol. The Kier molecular flexibility index (Phi) is 5.97. The van der Waals surface area contributed by atoms with Gasteiger partial charge in [0, 0.05) is 30.5 Å². The van der Waals surface area contributed by atoms with Gasteiger partial charge in [-0.3, -0.25) is 19.1 Å². The number of anilines is 2. The lowest BCUT2D eigenvalue weighted by Gasteiger charge is -2.30. The minimum absolute atomic E-state index is 0.147. The third-order valence-electron chi connectivity index (χ3n) is 5.56. The summed E-state index contributed by atoms with van der Waals surface area (Å²) in [6, 6.07) is 12.4. The summed E-state index contributed by atoms with van der Waals surface area (Å²) < 4.78 is 1.65. The normalized spacial score (nSPS) is 13.9. The highest BCUT2D eigenvalue weighted by atomic mass is 16.2. The second-order valence-electron chi connectivity index (χ2n) is 7.69. The molecule has 0 radical (unpaired) electrons. The van der Waals surface area contributed by atoms with Crippen molar-refractivity contribution in [2.75, 3.05) is 23.3 Å². The summed E-state index contributed by atoms with van der Waals surface area (Å²) in [6.45, 7) is 2.14. The molecule has 1 saturated heterocycles. The van der Waals surface area contributed by atoms with E-state index < -0.39 is 5.91 Å². The second kappa shape index (κ2) is 8.99. The molecule has 1 aromatic heterocycles. The van der Waals surface area contributed by atoms with Crippen molar-refractivity contribution in [1.29, 1.82) is 0 Å². The number of amides is 2. The van der Waals surface area contributed by atoms with Gasteiger partial charge < -0.3 is 16.0 Å². The van der Waals surface area contributed by atoms with E-state index in [1.54, 1.807) is 28.9 Å². The number of fused-ring (bicyclic) bond motifs is 1. The maximum Gasteiger partial charge on any atom is 0.248 e. The Morgan fingerprint density at radius 3 is 2.61 bits per heavy atom. The van der Waals surface area contributed by atoms with Crippen LogP contribution in [0, 0.1) is 0 Å². The number of benzene rings is 2. The van der Waals surface area contributed by atoms with E-state index in [1.807, 2.05) is 18.2 Å². The first kappa shape index (κ1) is 20.6. The number of nitrogens with two attached hydrogens (primary N) is 1. The predicted octanol–water partition coefficient (Wildman–Crippen LogP) is 2.51. The van der Waals surface area contributed by atoms with Crippen molar-refractivity contribution >= 4 is 34.1 Å². The lowest BCUT2D eigenvalue weighted by Crippen LogP contribution is -2.30. The molecule has 31 heavy (non-hydrogen) atoms. The molecule has 1 aliphatic heterocycles. The molecule has 1 fully saturated rings. The molecule has 3 N–H and O–H groups in total. The number of hydrogen-bond donors (Lipinski definition) is 2. The number of rotatable bonds is 6. The highest BCUT2D eigenvalue weighted by Crippen LogP contribution is 2.30. The van der Waals surface area contributed by atoms with Crippen LogP contribution in [0.4, 0.5) is 11.4 Å². The molecular weight excluding hydrogens is 394 g/mol. The maximum atomic E-state index is 12.8. The topological polar surface area (TPSA) is 110 Å². The summed E-state index contributed by atoms with van der Waals surface area (Å²) in [6.07, 6.45) is 4.81. The summed E-state index contributed by atoms with van der Waals surface area (Å²) in [5.74, 6) is -0.742. The average molecular weight is 419 g/mol. The molecular formula is C23H25N5O3. The van der Waals surface area contributed by atoms with Crippen LogP contribution in [0.5, 0.6) is 0 Å². The van der Waals surface area contributed by atoms with E-state index in [0.29, 0.717) is 28.7 Å². The van der Waals surface area contributed by atoms with Gasteiger partial charge in [0.15, 0.2) is 0 Å². The maximum absolute atomic E-state index is 12.8. The Balaban J connectivity index is 1.53. The number of carbonyl (C=O) groups excluding carboxylic acids is 2. The number of nitrogens with one attached hydrogen (secondary N) is 1. The lowest BCUT2D eigenvalue weighted by atomic mass is 10.1. The minimum atomic E-state index is -0.537. The summed E-state index contributed by atoms with van der Waals surface area (Å²) in [4.78, 5) is 38.6. The molecule has 0 bridgehead atoms. The number of primary amides is 1. The third-order valence-corrected chi connectivity index (χ3v) is 5.56. The fourth-order valence-corrected chi connectivity index (χ4v) is 3.96. The molecule has 160 valence electrons. The van der Waals surface area contributed by atoms with Gasteiger partial charge in [0.25, 0.3) is 0 Å². The molecule has 2 aromatic carbocycles. The van der Waals surface area contributed by atoms with Crippen LogP contribution in [0.25, 0.3) is 10.9 Å². The summed E-state index contributed by atoms with van der Waals surface area (Å²) in [5.41, 5.74) is 7.81. The van der Waals surface area contributed by atoms with Crippen LogP contribution < -0.4 is 21.4 Å². The van der Waals surface area contributed by atoms with Gasteiger partial charge in [-0.05, 0) is 49.6 Å². The second-order valence-corrected chi connectivity index (χ2v) is 7.69. The van der Waals surface area contributed by atoms with E-state index in [1.165, 1.54) is 12.6 Å². The zero-order valence-electron chi connectivity index (χ0n) is 17.2. The number of aryl methyl sites for hydroxylation is 1. The van der Waals surface area contributed by atoms with Crippen LogP contribution >= 0.6 is 0 Å². The largest absolute Gasteiger partial charge is 0.370 e. The van der Waals surface area contributed by atoms with E-state index in [-0.39, 0.29) is 17.8 Å². The van der Waals surface area contributed by atoms with Gasteiger partial charge in [0.2, 0.25) is 17.2 Å². The molecule has 0 aliphatic carbocycles. The molecule has 0 unspecified atom stereocenters. The average Bonchev–Trinajstić information content (AvgIpc) is 2.79. The van der Waals surface area contributed by atoms with Gasteiger partial charge in [-0.1, -0.05) is 12.1 Å². The number of nitrogens with zero attached hydrogens (tertiary/aromatic N) is 3. The fraction of sp³-hybridized carbons (Fsp3) is 0.304. The van der Waals surface area contributed by atoms with Crippen LogP contribution in [-0.4, -0.2) is 34.7 Å². The van der Waals surface area contributed by atoms with E-state index in [2.05, 4.69) is 15.3 Å². The van der Waals surface area contributed by atoms with Crippen molar-refractivity contribution in [3.63, 3.8) is 0 Å². The zero-order valence-corrected chi connectivity index (χ0v) is 17.2. The molecule has 0 saturated carbocycles. The zero-order chi connectivity index (χ0) is 21.8. The summed E-state index contributed by atoms with van der Waals surface area (Å²) >= 11 is 0. The van der Waals surface area contributed by atoms with Gasteiger partial charge in [-0.25, -0.2) is 0 Å². The summed E-state index contributed by atoms with van der Waals surface area (Å²) in [5, 5.41) is 7.68. The lowest BCUT2D eigenvalue weighted by molar-refractivity contribution is -0.116. The van der Waals surface area contributed by atoms with Gasteiger partial charge >= 0.3 is 0 Å². The van der Waals surface area contributed by atoms with Gasteiger partial charge in [0.1, 0.15) is 0 Å². The molecule has 2 heterocycles. The molecule has 2 amide bonds. The van der Waals surface area contributed by atoms with Crippen LogP contribution in [0.15, 0.2) is 53.5 Å². The number of piperidine rings is 1. The van der Waals surface area contributed by atoms with Crippen LogP contribution in [0.3, 0.4) is 0 Å². The third kappa shape index (κ3) is 4.58. The highest BCUT2D eigenvalue weighted by Gasteiger charge is 2.17. The smallest absolute Gasteiger partial charge is 0.248 e. The van der Waals surface area contributed by atoms with E-state index in [4.69, 9.17) is 5.73 Å². The quantitative estimate of drug-likeness (QED) is 0.638. The van der Waals surface area contributed by atoms with Crippen molar-refractivity contribution < 1.29 is 9.59 Å². The highest BCUT2D eigenvalue weighted by molar-refractivity contribution is 5.99. The van der Waals surface area contributed by atoms with E-state index in [0.717, 1.165) is 31.6 Å². The van der Waals surface area contributed by atoms with E-state index >= 15 is 0 Å². The first-order valence-corrected chi connectivity index (χ1v) is 10.5. The standard InChI is InChI=1S/C23H25N5O3/c24-23(31)16-8-9-20(27-11-4-1-5-12-27)18(14-16)26-22(30)10-13-28-19-7-3-2-6-17(19)21(29)15-25-28/h2-3,6-9,14-15H,1,4-5,10-13H2,(H2,24,31)(H,26,30). The number of carbonyl (C=O) groups is 2. The van der Waals surface area contributed by atoms with Crippen molar-refractivity contribution in [2.45, 2.75) is 32.2 Å². The molecule has 0 spiro atoms. The summed E-state index contributed by atoms with van der Waals surface area (Å²) in [7, 11) is 0. The Labute approximate surface area is 179 Å². The first-order chi connectivity index (χ1) is 15.0. The van der Waals surface area contributed by atoms with Gasteiger partial charge in [-0.2, -0.15) is 5.10 Å². The molecule has 8 nitrogen and oxygen atoms in total. The SMILES string of the molecule is NC(=O)c1ccc(N2CCCCC2)c(NC(=O)CCn2ncc(=O)c3ccccc32)c1. The Bertz CT molecular complexity index is 1180. The van der Waals surface area contributed by atoms with Crippen molar-refractivity contribution in [2.24, 2.45) is 5.73 Å². The van der Waals surface area contributed by atoms with Crippen molar-refractivity contribution in [3.8, 4) is 0 Å². The van der Waals surface area contributed by atoms with Gasteiger partial charge in [-0.15, -0.1) is 0 Å². The number of hydrogen-bond acceptors (Lipinski definition) is 5. The molecule has 1 aliphatic rings. The fourth-order valence-electron chi connectivity index (χ4n) is 3.96. The van der Waals surface area contributed by atoms with Crippen LogP contribution in [-0.2, 0) is 11.3 Å². The van der Waals surface area contributed by atoms with Crippen LogP contribution in [0.1, 0.15) is 36.0 Å². The monoisotopic (exact) mass is 419 g/mol. The number of aromatic nitrogens is 2. The minimum Gasteiger partial charge on any atom is -0.370 e. The first-order valence-electron chi connectivity index (χ1n) is 10.5. The number of para-hydroxylation sites is 1. The van der Waals surface area contributed by atoms with Crippen LogP contribution in [0.2, 0.25) is 0 Å². The van der Waals surface area contributed by atoms with Gasteiger partial charge in [0.05, 0.1) is 29.6 Å². The van der Waals surface area contributed by atoms with Crippen molar-refractivity contribution in [1.82, 2.24) is 9.78 Å². The Morgan fingerprint density at radius 2 is 1.84 bits per heavy atom. The molecule has 8 heteroatoms. The van der Waals surface area contributed by atoms with E-state index in [9.17, 15) is 14.4 Å². The Morgan fingerprint density at radius 1 is 1.06 bits per heavy atom. The Hall–Kier alpha value is -3.68. The molecule has 4 rings (SSSR count). The molecule has 0 atom stereocenters. The van der Waals surface area contributed by atoms with Crippen molar-refractivity contribution in [3.05, 3.63) is 64.4 Å². The molecule has 3 aromatic rings.